The number of aryl methyl sites for hydroxylation is 1. The number of amides is 1. The molecule has 0 radical (unpaired) electrons. The van der Waals surface area contributed by atoms with Crippen LogP contribution in [0.1, 0.15) is 35.7 Å². The topological polar surface area (TPSA) is 20.3 Å². The van der Waals surface area contributed by atoms with E-state index in [2.05, 4.69) is 0 Å². The van der Waals surface area contributed by atoms with Crippen LogP contribution in [0.2, 0.25) is 0 Å². The summed E-state index contributed by atoms with van der Waals surface area (Å²) in [6.07, 6.45) is 2.03. The maximum absolute atomic E-state index is 13.6. The predicted octanol–water partition coefficient (Wildman–Crippen LogP) is 2.76. The first kappa shape index (κ1) is 11.1. The zero-order valence-electron chi connectivity index (χ0n) is 9.66. The van der Waals surface area contributed by atoms with Crippen molar-refractivity contribution in [3.8, 4) is 0 Å². The summed E-state index contributed by atoms with van der Waals surface area (Å²) in [5.41, 5.74) is 1.03. The van der Waals surface area contributed by atoms with Gasteiger partial charge in [-0.15, -0.1) is 0 Å². The zero-order chi connectivity index (χ0) is 11.7. The minimum absolute atomic E-state index is 0.178. The summed E-state index contributed by atoms with van der Waals surface area (Å²) in [5.74, 6) is -0.591. The molecule has 0 aliphatic carbocycles. The summed E-state index contributed by atoms with van der Waals surface area (Å²) in [4.78, 5) is 13.8. The predicted molar refractivity (Wildman–Crippen MR) is 60.9 cm³/mol. The van der Waals surface area contributed by atoms with Gasteiger partial charge in [-0.2, -0.15) is 0 Å². The number of hydrogen-bond donors (Lipinski definition) is 0. The average molecular weight is 221 g/mol. The second-order valence-electron chi connectivity index (χ2n) is 4.47. The van der Waals surface area contributed by atoms with E-state index in [-0.39, 0.29) is 17.5 Å². The fraction of sp³-hybridized carbons (Fsp3) is 0.462. The van der Waals surface area contributed by atoms with Crippen molar-refractivity contribution in [2.24, 2.45) is 0 Å². The molecule has 1 aromatic carbocycles. The van der Waals surface area contributed by atoms with Gasteiger partial charge in [0, 0.05) is 12.6 Å². The van der Waals surface area contributed by atoms with Gasteiger partial charge in [-0.05, 0) is 44.4 Å². The second kappa shape index (κ2) is 4.24. The largest absolute Gasteiger partial charge is 0.336 e. The first-order chi connectivity index (χ1) is 7.59. The molecule has 1 amide bonds. The molecule has 86 valence electrons. The quantitative estimate of drug-likeness (QED) is 0.714. The van der Waals surface area contributed by atoms with Crippen molar-refractivity contribution in [1.29, 1.82) is 0 Å². The van der Waals surface area contributed by atoms with Crippen LogP contribution in [0.5, 0.6) is 0 Å². The van der Waals surface area contributed by atoms with Gasteiger partial charge in [0.15, 0.2) is 0 Å². The van der Waals surface area contributed by atoms with Crippen LogP contribution >= 0.6 is 0 Å². The molecule has 1 aromatic rings. The fourth-order valence-corrected chi connectivity index (χ4v) is 2.18. The molecule has 1 saturated heterocycles. The van der Waals surface area contributed by atoms with E-state index in [1.165, 1.54) is 6.07 Å². The Bertz CT molecular complexity index is 416. The lowest BCUT2D eigenvalue weighted by Crippen LogP contribution is -2.34. The highest BCUT2D eigenvalue weighted by atomic mass is 19.1. The van der Waals surface area contributed by atoms with Crippen molar-refractivity contribution in [2.45, 2.75) is 32.7 Å². The van der Waals surface area contributed by atoms with Crippen LogP contribution in [0.15, 0.2) is 18.2 Å². The van der Waals surface area contributed by atoms with Crippen molar-refractivity contribution in [3.63, 3.8) is 0 Å². The fourth-order valence-electron chi connectivity index (χ4n) is 2.18. The lowest BCUT2D eigenvalue weighted by molar-refractivity contribution is 0.0743. The van der Waals surface area contributed by atoms with Crippen LogP contribution in [0.25, 0.3) is 0 Å². The van der Waals surface area contributed by atoms with E-state index < -0.39 is 5.82 Å². The molecule has 0 bridgehead atoms. The third kappa shape index (κ3) is 1.94. The SMILES string of the molecule is Cc1ccc(C(=O)N2CCCC2C)c(F)c1. The van der Waals surface area contributed by atoms with E-state index >= 15 is 0 Å². The smallest absolute Gasteiger partial charge is 0.257 e. The Morgan fingerprint density at radius 2 is 2.25 bits per heavy atom. The summed E-state index contributed by atoms with van der Waals surface area (Å²) in [5, 5.41) is 0. The molecule has 2 rings (SSSR count). The molecule has 0 aromatic heterocycles. The van der Waals surface area contributed by atoms with Crippen LogP contribution in [-0.2, 0) is 0 Å². The molecule has 1 heterocycles. The summed E-state index contributed by atoms with van der Waals surface area (Å²) in [6, 6.07) is 5.00. The minimum atomic E-state index is -0.413. The third-order valence-corrected chi connectivity index (χ3v) is 3.17. The Balaban J connectivity index is 2.27. The molecule has 1 unspecified atom stereocenters. The maximum atomic E-state index is 13.6. The van der Waals surface area contributed by atoms with E-state index in [0.717, 1.165) is 24.9 Å². The van der Waals surface area contributed by atoms with Gasteiger partial charge in [0.25, 0.3) is 5.91 Å². The molecule has 1 aliphatic heterocycles. The number of hydrogen-bond acceptors (Lipinski definition) is 1. The molecule has 16 heavy (non-hydrogen) atoms. The normalized spacial score (nSPS) is 20.2. The van der Waals surface area contributed by atoms with E-state index in [0.29, 0.717) is 0 Å². The van der Waals surface area contributed by atoms with E-state index in [1.54, 1.807) is 17.0 Å². The second-order valence-corrected chi connectivity index (χ2v) is 4.47. The number of halogens is 1. The van der Waals surface area contributed by atoms with Crippen LogP contribution in [0.4, 0.5) is 4.39 Å². The first-order valence-electron chi connectivity index (χ1n) is 5.66. The van der Waals surface area contributed by atoms with Crippen LogP contribution in [0, 0.1) is 12.7 Å². The van der Waals surface area contributed by atoms with Gasteiger partial charge in [0.2, 0.25) is 0 Å². The molecule has 0 saturated carbocycles. The van der Waals surface area contributed by atoms with Crippen LogP contribution in [0.3, 0.4) is 0 Å². The van der Waals surface area contributed by atoms with Crippen molar-refractivity contribution in [3.05, 3.63) is 35.1 Å². The highest BCUT2D eigenvalue weighted by molar-refractivity contribution is 5.94. The lowest BCUT2D eigenvalue weighted by Gasteiger charge is -2.21. The molecule has 0 N–H and O–H groups in total. The van der Waals surface area contributed by atoms with Crippen molar-refractivity contribution < 1.29 is 9.18 Å². The summed E-state index contributed by atoms with van der Waals surface area (Å²) in [6.45, 7) is 4.57. The molecular formula is C13H16FNO. The molecule has 2 nitrogen and oxygen atoms in total. The number of carbonyl (C=O) groups is 1. The van der Waals surface area contributed by atoms with Gasteiger partial charge in [-0.3, -0.25) is 4.79 Å². The van der Waals surface area contributed by atoms with Crippen molar-refractivity contribution in [2.75, 3.05) is 6.54 Å². The molecule has 1 fully saturated rings. The van der Waals surface area contributed by atoms with E-state index in [4.69, 9.17) is 0 Å². The number of carbonyl (C=O) groups excluding carboxylic acids is 1. The molecule has 1 atom stereocenters. The average Bonchev–Trinajstić information content (AvgIpc) is 2.63. The summed E-state index contributed by atoms with van der Waals surface area (Å²) >= 11 is 0. The lowest BCUT2D eigenvalue weighted by atomic mass is 10.1. The third-order valence-electron chi connectivity index (χ3n) is 3.17. The Morgan fingerprint density at radius 3 is 2.81 bits per heavy atom. The van der Waals surface area contributed by atoms with Gasteiger partial charge >= 0.3 is 0 Å². The van der Waals surface area contributed by atoms with Crippen molar-refractivity contribution in [1.82, 2.24) is 4.90 Å². The molecule has 0 spiro atoms. The molecular weight excluding hydrogens is 205 g/mol. The molecule has 1 aliphatic rings. The summed E-state index contributed by atoms with van der Waals surface area (Å²) < 4.78 is 13.6. The van der Waals surface area contributed by atoms with Crippen LogP contribution < -0.4 is 0 Å². The Labute approximate surface area is 95.1 Å². The number of nitrogens with zero attached hydrogens (tertiary/aromatic N) is 1. The number of likely N-dealkylation sites (tertiary alicyclic amines) is 1. The van der Waals surface area contributed by atoms with Gasteiger partial charge < -0.3 is 4.90 Å². The standard InChI is InChI=1S/C13H16FNO/c1-9-5-6-11(12(14)8-9)13(16)15-7-3-4-10(15)2/h5-6,8,10H,3-4,7H2,1-2H3. The minimum Gasteiger partial charge on any atom is -0.336 e. The number of rotatable bonds is 1. The number of benzene rings is 1. The highest BCUT2D eigenvalue weighted by Gasteiger charge is 2.27. The van der Waals surface area contributed by atoms with Crippen LogP contribution in [-0.4, -0.2) is 23.4 Å². The van der Waals surface area contributed by atoms with Gasteiger partial charge in [0.1, 0.15) is 5.82 Å². The highest BCUT2D eigenvalue weighted by Crippen LogP contribution is 2.21. The van der Waals surface area contributed by atoms with E-state index in [1.807, 2.05) is 13.8 Å². The van der Waals surface area contributed by atoms with Gasteiger partial charge in [-0.25, -0.2) is 4.39 Å². The maximum Gasteiger partial charge on any atom is 0.257 e. The van der Waals surface area contributed by atoms with E-state index in [9.17, 15) is 9.18 Å². The zero-order valence-corrected chi connectivity index (χ0v) is 9.66. The molecule has 3 heteroatoms. The van der Waals surface area contributed by atoms with Gasteiger partial charge in [0.05, 0.1) is 5.56 Å². The Kier molecular flexibility index (Phi) is 2.95. The Morgan fingerprint density at radius 1 is 1.50 bits per heavy atom. The van der Waals surface area contributed by atoms with Gasteiger partial charge in [-0.1, -0.05) is 6.07 Å². The summed E-state index contributed by atoms with van der Waals surface area (Å²) in [7, 11) is 0. The van der Waals surface area contributed by atoms with Crippen molar-refractivity contribution >= 4 is 5.91 Å². The monoisotopic (exact) mass is 221 g/mol. The Hall–Kier alpha value is -1.38. The first-order valence-corrected chi connectivity index (χ1v) is 5.66.